The number of hydrogen-bond donors (Lipinski definition) is 2. The van der Waals surface area contributed by atoms with E-state index in [0.29, 0.717) is 16.8 Å². The molecule has 0 aromatic heterocycles. The lowest BCUT2D eigenvalue weighted by atomic mass is 10.1. The number of anilines is 1. The first kappa shape index (κ1) is 15.9. The lowest BCUT2D eigenvalue weighted by Crippen LogP contribution is -2.17. The minimum Gasteiger partial charge on any atom is -0.399 e. The van der Waals surface area contributed by atoms with E-state index in [1.165, 1.54) is 24.4 Å². The molecule has 2 rings (SSSR count). The van der Waals surface area contributed by atoms with Crippen LogP contribution in [0.4, 0.5) is 11.4 Å². The Hall–Kier alpha value is -3.48. The number of para-hydroxylation sites is 1. The fourth-order valence-corrected chi connectivity index (χ4v) is 1.78. The highest BCUT2D eigenvalue weighted by Gasteiger charge is 2.08. The van der Waals surface area contributed by atoms with Gasteiger partial charge in [0.1, 0.15) is 0 Å². The van der Waals surface area contributed by atoms with Crippen molar-refractivity contribution in [3.8, 4) is 0 Å². The van der Waals surface area contributed by atoms with E-state index in [1.54, 1.807) is 42.5 Å². The van der Waals surface area contributed by atoms with E-state index in [1.807, 2.05) is 0 Å². The summed E-state index contributed by atoms with van der Waals surface area (Å²) in [5, 5.41) is 14.6. The summed E-state index contributed by atoms with van der Waals surface area (Å²) in [6.45, 7) is 0. The van der Waals surface area contributed by atoms with Gasteiger partial charge in [0.25, 0.3) is 11.6 Å². The van der Waals surface area contributed by atoms with Crippen LogP contribution < -0.4 is 11.2 Å². The maximum Gasteiger partial charge on any atom is 0.276 e. The minimum atomic E-state index is -0.459. The van der Waals surface area contributed by atoms with Gasteiger partial charge in [-0.3, -0.25) is 14.9 Å². The van der Waals surface area contributed by atoms with Gasteiger partial charge in [-0.1, -0.05) is 12.1 Å². The summed E-state index contributed by atoms with van der Waals surface area (Å²) in [4.78, 5) is 22.1. The Bertz CT molecular complexity index is 767. The Morgan fingerprint density at radius 1 is 1.17 bits per heavy atom. The summed E-state index contributed by atoms with van der Waals surface area (Å²) in [6, 6.07) is 12.7. The van der Waals surface area contributed by atoms with Crippen molar-refractivity contribution < 1.29 is 9.72 Å². The number of nitrogens with zero attached hydrogens (tertiary/aromatic N) is 2. The van der Waals surface area contributed by atoms with Crippen LogP contribution >= 0.6 is 0 Å². The Balaban J connectivity index is 1.95. The van der Waals surface area contributed by atoms with Crippen molar-refractivity contribution in [2.24, 2.45) is 5.10 Å². The second-order valence-electron chi connectivity index (χ2n) is 4.52. The van der Waals surface area contributed by atoms with E-state index in [-0.39, 0.29) is 11.6 Å². The van der Waals surface area contributed by atoms with E-state index in [4.69, 9.17) is 5.73 Å². The third-order valence-corrected chi connectivity index (χ3v) is 2.91. The first-order valence-corrected chi connectivity index (χ1v) is 6.67. The van der Waals surface area contributed by atoms with Gasteiger partial charge in [0, 0.05) is 23.5 Å². The topological polar surface area (TPSA) is 111 Å². The van der Waals surface area contributed by atoms with E-state index in [9.17, 15) is 14.9 Å². The average Bonchev–Trinajstić information content (AvgIpc) is 2.55. The summed E-state index contributed by atoms with van der Waals surface area (Å²) in [5.41, 5.74) is 9.34. The highest BCUT2D eigenvalue weighted by atomic mass is 16.6. The molecule has 0 radical (unpaired) electrons. The summed E-state index contributed by atoms with van der Waals surface area (Å²) < 4.78 is 0. The van der Waals surface area contributed by atoms with E-state index >= 15 is 0 Å². The van der Waals surface area contributed by atoms with Crippen molar-refractivity contribution in [3.05, 3.63) is 75.8 Å². The highest BCUT2D eigenvalue weighted by Crippen LogP contribution is 2.18. The van der Waals surface area contributed by atoms with Crippen molar-refractivity contribution in [1.29, 1.82) is 0 Å². The fourth-order valence-electron chi connectivity index (χ4n) is 1.78. The molecule has 7 nitrogen and oxygen atoms in total. The van der Waals surface area contributed by atoms with Crippen LogP contribution in [-0.4, -0.2) is 17.0 Å². The van der Waals surface area contributed by atoms with Gasteiger partial charge < -0.3 is 5.73 Å². The molecule has 116 valence electrons. The third kappa shape index (κ3) is 4.50. The van der Waals surface area contributed by atoms with Crippen LogP contribution in [0.15, 0.2) is 59.7 Å². The Kier molecular flexibility index (Phi) is 5.19. The van der Waals surface area contributed by atoms with E-state index in [0.717, 1.165) is 0 Å². The van der Waals surface area contributed by atoms with Gasteiger partial charge in [-0.15, -0.1) is 0 Å². The number of nitrogens with two attached hydrogens (primary N) is 1. The van der Waals surface area contributed by atoms with Gasteiger partial charge >= 0.3 is 0 Å². The normalized spacial score (nSPS) is 11.0. The number of hydrogen-bond acceptors (Lipinski definition) is 5. The number of nitro benzene ring substituents is 1. The minimum absolute atomic E-state index is 0.00283. The Morgan fingerprint density at radius 2 is 1.87 bits per heavy atom. The monoisotopic (exact) mass is 310 g/mol. The molecule has 7 heteroatoms. The molecule has 0 atom stereocenters. The smallest absolute Gasteiger partial charge is 0.276 e. The molecule has 3 N–H and O–H groups in total. The molecule has 1 amide bonds. The van der Waals surface area contributed by atoms with E-state index in [2.05, 4.69) is 10.5 Å². The molecule has 0 saturated heterocycles. The van der Waals surface area contributed by atoms with Crippen molar-refractivity contribution in [3.63, 3.8) is 0 Å². The summed E-state index contributed by atoms with van der Waals surface area (Å²) >= 11 is 0. The first-order valence-electron chi connectivity index (χ1n) is 6.67. The molecule has 0 spiro atoms. The molecule has 0 unspecified atom stereocenters. The van der Waals surface area contributed by atoms with Crippen LogP contribution in [0.1, 0.15) is 15.9 Å². The molecule has 0 fully saturated rings. The number of benzene rings is 2. The third-order valence-electron chi connectivity index (χ3n) is 2.91. The zero-order valence-corrected chi connectivity index (χ0v) is 12.0. The van der Waals surface area contributed by atoms with Gasteiger partial charge in [-0.05, 0) is 42.5 Å². The maximum absolute atomic E-state index is 11.8. The predicted octanol–water partition coefficient (Wildman–Crippen LogP) is 2.61. The average molecular weight is 310 g/mol. The number of hydrazone groups is 1. The predicted molar refractivity (Wildman–Crippen MR) is 88.9 cm³/mol. The molecule has 0 heterocycles. The number of nitro groups is 1. The van der Waals surface area contributed by atoms with Crippen molar-refractivity contribution in [2.45, 2.75) is 0 Å². The first-order chi connectivity index (χ1) is 11.1. The van der Waals surface area contributed by atoms with Gasteiger partial charge in [-0.25, -0.2) is 5.43 Å². The van der Waals surface area contributed by atoms with Crippen LogP contribution in [0.5, 0.6) is 0 Å². The number of nitrogen functional groups attached to an aromatic ring is 1. The summed E-state index contributed by atoms with van der Waals surface area (Å²) in [6.07, 6.45) is 4.38. The summed E-state index contributed by atoms with van der Waals surface area (Å²) in [5.74, 6) is -0.375. The van der Waals surface area contributed by atoms with Crippen LogP contribution in [-0.2, 0) is 0 Å². The number of nitrogens with one attached hydrogen (secondary N) is 1. The molecule has 0 bridgehead atoms. The number of carbonyl (C=O) groups excluding carboxylic acids is 1. The lowest BCUT2D eigenvalue weighted by molar-refractivity contribution is -0.385. The van der Waals surface area contributed by atoms with Gasteiger partial charge in [0.15, 0.2) is 0 Å². The number of rotatable bonds is 5. The molecular formula is C16H14N4O3. The van der Waals surface area contributed by atoms with Crippen LogP contribution in [0.25, 0.3) is 6.08 Å². The quantitative estimate of drug-likeness (QED) is 0.382. The Labute approximate surface area is 132 Å². The van der Waals surface area contributed by atoms with Crippen molar-refractivity contribution >= 4 is 29.6 Å². The van der Waals surface area contributed by atoms with Crippen LogP contribution in [0.2, 0.25) is 0 Å². The largest absolute Gasteiger partial charge is 0.399 e. The van der Waals surface area contributed by atoms with Crippen molar-refractivity contribution in [1.82, 2.24) is 5.43 Å². The molecule has 0 aliphatic carbocycles. The van der Waals surface area contributed by atoms with Crippen LogP contribution in [0.3, 0.4) is 0 Å². The second kappa shape index (κ2) is 7.51. The zero-order chi connectivity index (χ0) is 16.7. The highest BCUT2D eigenvalue weighted by molar-refractivity contribution is 5.95. The fraction of sp³-hybridized carbons (Fsp3) is 0. The molecule has 0 aliphatic rings. The van der Waals surface area contributed by atoms with Gasteiger partial charge in [0.2, 0.25) is 0 Å². The SMILES string of the molecule is Nc1ccc(C(=O)N/N=C\C=C\c2ccccc2[N+](=O)[O-])cc1. The number of carbonyl (C=O) groups is 1. The molecular weight excluding hydrogens is 296 g/mol. The zero-order valence-electron chi connectivity index (χ0n) is 12.0. The molecule has 2 aromatic carbocycles. The lowest BCUT2D eigenvalue weighted by Gasteiger charge is -1.99. The van der Waals surface area contributed by atoms with Gasteiger partial charge in [-0.2, -0.15) is 5.10 Å². The standard InChI is InChI=1S/C16H14N4O3/c17-14-9-7-13(8-10-14)16(21)19-18-11-3-5-12-4-1-2-6-15(12)20(22)23/h1-11H,17H2,(H,19,21)/b5-3+,18-11-. The van der Waals surface area contributed by atoms with Crippen LogP contribution in [0, 0.1) is 10.1 Å². The van der Waals surface area contributed by atoms with Gasteiger partial charge in [0.05, 0.1) is 10.5 Å². The molecule has 2 aromatic rings. The maximum atomic E-state index is 11.8. The molecule has 0 aliphatic heterocycles. The number of allylic oxidation sites excluding steroid dienone is 1. The second-order valence-corrected chi connectivity index (χ2v) is 4.52. The molecule has 23 heavy (non-hydrogen) atoms. The van der Waals surface area contributed by atoms with E-state index < -0.39 is 4.92 Å². The number of amides is 1. The Morgan fingerprint density at radius 3 is 2.57 bits per heavy atom. The summed E-state index contributed by atoms with van der Waals surface area (Å²) in [7, 11) is 0. The van der Waals surface area contributed by atoms with Crippen molar-refractivity contribution in [2.75, 3.05) is 5.73 Å². The molecule has 0 saturated carbocycles.